The Kier molecular flexibility index (Phi) is 9.35. The lowest BCUT2D eigenvalue weighted by Gasteiger charge is -2.11. The molecular weight excluding hydrogens is 401 g/mol. The van der Waals surface area contributed by atoms with Gasteiger partial charge in [0, 0.05) is 33.4 Å². The maximum Gasteiger partial charge on any atom is 0.190 e. The van der Waals surface area contributed by atoms with E-state index in [1.807, 2.05) is 24.0 Å². The summed E-state index contributed by atoms with van der Waals surface area (Å²) in [6, 6.07) is 10.5. The molecule has 2 aromatic rings. The summed E-state index contributed by atoms with van der Waals surface area (Å²) >= 11 is 0. The molecule has 0 aliphatic heterocycles. The molecular formula is C17H26IN5. The van der Waals surface area contributed by atoms with Crippen LogP contribution in [0.15, 0.2) is 47.7 Å². The number of guanidine groups is 1. The predicted octanol–water partition coefficient (Wildman–Crippen LogP) is 2.38. The predicted molar refractivity (Wildman–Crippen MR) is 106 cm³/mol. The third-order valence-corrected chi connectivity index (χ3v) is 3.47. The Bertz CT molecular complexity index is 580. The van der Waals surface area contributed by atoms with Crippen molar-refractivity contribution in [3.8, 4) is 0 Å². The Morgan fingerprint density at radius 3 is 2.48 bits per heavy atom. The molecule has 0 saturated heterocycles. The Morgan fingerprint density at radius 1 is 1.09 bits per heavy atom. The molecule has 6 heteroatoms. The van der Waals surface area contributed by atoms with Crippen LogP contribution in [0.4, 0.5) is 0 Å². The minimum Gasteiger partial charge on any atom is -0.356 e. The minimum atomic E-state index is 0. The van der Waals surface area contributed by atoms with Gasteiger partial charge in [-0.2, -0.15) is 5.10 Å². The van der Waals surface area contributed by atoms with Crippen LogP contribution in [0.5, 0.6) is 0 Å². The maximum atomic E-state index is 4.25. The lowest BCUT2D eigenvalue weighted by Crippen LogP contribution is -2.38. The zero-order valence-corrected chi connectivity index (χ0v) is 16.2. The van der Waals surface area contributed by atoms with Gasteiger partial charge in [0.1, 0.15) is 0 Å². The quantitative estimate of drug-likeness (QED) is 0.309. The van der Waals surface area contributed by atoms with Crippen LogP contribution in [0.1, 0.15) is 17.5 Å². The van der Waals surface area contributed by atoms with Gasteiger partial charge in [0.2, 0.25) is 0 Å². The summed E-state index contributed by atoms with van der Waals surface area (Å²) in [4.78, 5) is 4.25. The summed E-state index contributed by atoms with van der Waals surface area (Å²) < 4.78 is 1.84. The molecule has 0 aliphatic rings. The molecule has 1 aromatic carbocycles. The number of aromatic nitrogens is 2. The molecule has 0 radical (unpaired) electrons. The van der Waals surface area contributed by atoms with E-state index in [4.69, 9.17) is 0 Å². The largest absolute Gasteiger partial charge is 0.356 e. The molecule has 0 bridgehead atoms. The number of halogens is 1. The van der Waals surface area contributed by atoms with Crippen molar-refractivity contribution in [3.63, 3.8) is 0 Å². The molecule has 126 valence electrons. The second-order valence-corrected chi connectivity index (χ2v) is 5.29. The van der Waals surface area contributed by atoms with Gasteiger partial charge < -0.3 is 10.6 Å². The highest BCUT2D eigenvalue weighted by Crippen LogP contribution is 2.00. The van der Waals surface area contributed by atoms with Gasteiger partial charge >= 0.3 is 0 Å². The minimum absolute atomic E-state index is 0. The fourth-order valence-corrected chi connectivity index (χ4v) is 2.29. The summed E-state index contributed by atoms with van der Waals surface area (Å²) in [6.07, 6.45) is 7.07. The summed E-state index contributed by atoms with van der Waals surface area (Å²) in [5, 5.41) is 10.9. The van der Waals surface area contributed by atoms with Crippen molar-refractivity contribution in [2.45, 2.75) is 19.3 Å². The van der Waals surface area contributed by atoms with Gasteiger partial charge in [-0.25, -0.2) is 0 Å². The van der Waals surface area contributed by atoms with E-state index in [1.54, 1.807) is 7.05 Å². The van der Waals surface area contributed by atoms with E-state index in [2.05, 4.69) is 51.2 Å². The van der Waals surface area contributed by atoms with E-state index in [9.17, 15) is 0 Å². The third kappa shape index (κ3) is 7.49. The normalized spacial score (nSPS) is 11.0. The first-order chi connectivity index (χ1) is 10.8. The molecule has 1 heterocycles. The number of benzene rings is 1. The van der Waals surface area contributed by atoms with E-state index in [0.29, 0.717) is 0 Å². The molecule has 0 atom stereocenters. The van der Waals surface area contributed by atoms with E-state index in [0.717, 1.165) is 38.3 Å². The maximum absolute atomic E-state index is 4.25. The van der Waals surface area contributed by atoms with Crippen LogP contribution in [0.25, 0.3) is 0 Å². The van der Waals surface area contributed by atoms with E-state index in [-0.39, 0.29) is 24.0 Å². The SMILES string of the molecule is CN=C(NCCCc1cnn(C)c1)NCCc1ccccc1.I. The zero-order valence-electron chi connectivity index (χ0n) is 13.8. The van der Waals surface area contributed by atoms with Gasteiger partial charge in [-0.15, -0.1) is 24.0 Å². The van der Waals surface area contributed by atoms with Crippen molar-refractivity contribution in [1.29, 1.82) is 0 Å². The van der Waals surface area contributed by atoms with E-state index >= 15 is 0 Å². The van der Waals surface area contributed by atoms with Crippen molar-refractivity contribution in [3.05, 3.63) is 53.9 Å². The number of aryl methyl sites for hydroxylation is 2. The summed E-state index contributed by atoms with van der Waals surface area (Å²) in [6.45, 7) is 1.78. The number of hydrogen-bond donors (Lipinski definition) is 2. The third-order valence-electron chi connectivity index (χ3n) is 3.47. The fourth-order valence-electron chi connectivity index (χ4n) is 2.29. The summed E-state index contributed by atoms with van der Waals surface area (Å²) in [5.41, 5.74) is 2.61. The van der Waals surface area contributed by atoms with Crippen LogP contribution >= 0.6 is 24.0 Å². The number of aliphatic imine (C=N–C) groups is 1. The van der Waals surface area contributed by atoms with Crippen LogP contribution in [0.3, 0.4) is 0 Å². The summed E-state index contributed by atoms with van der Waals surface area (Å²) in [5.74, 6) is 0.863. The van der Waals surface area contributed by atoms with Crippen molar-refractivity contribution < 1.29 is 0 Å². The van der Waals surface area contributed by atoms with Gasteiger partial charge in [-0.1, -0.05) is 30.3 Å². The molecule has 0 amide bonds. The Balaban J connectivity index is 0.00000264. The van der Waals surface area contributed by atoms with Crippen molar-refractivity contribution in [2.75, 3.05) is 20.1 Å². The lowest BCUT2D eigenvalue weighted by molar-refractivity contribution is 0.736. The molecule has 0 spiro atoms. The number of nitrogens with zero attached hydrogens (tertiary/aromatic N) is 3. The lowest BCUT2D eigenvalue weighted by atomic mass is 10.1. The van der Waals surface area contributed by atoms with Crippen LogP contribution in [0, 0.1) is 0 Å². The van der Waals surface area contributed by atoms with Crippen LogP contribution in [0.2, 0.25) is 0 Å². The van der Waals surface area contributed by atoms with Crippen LogP contribution in [-0.4, -0.2) is 35.9 Å². The van der Waals surface area contributed by atoms with Gasteiger partial charge in [-0.05, 0) is 30.4 Å². The Morgan fingerprint density at radius 2 is 1.83 bits per heavy atom. The van der Waals surface area contributed by atoms with E-state index < -0.39 is 0 Å². The first kappa shape index (κ1) is 19.5. The van der Waals surface area contributed by atoms with Gasteiger partial charge in [-0.3, -0.25) is 9.67 Å². The van der Waals surface area contributed by atoms with Crippen LogP contribution in [-0.2, 0) is 19.9 Å². The number of rotatable bonds is 7. The molecule has 1 aromatic heterocycles. The zero-order chi connectivity index (χ0) is 15.6. The van der Waals surface area contributed by atoms with E-state index in [1.165, 1.54) is 11.1 Å². The first-order valence-corrected chi connectivity index (χ1v) is 7.74. The molecule has 0 fully saturated rings. The molecule has 2 rings (SSSR count). The average Bonchev–Trinajstić information content (AvgIpc) is 2.96. The molecule has 23 heavy (non-hydrogen) atoms. The van der Waals surface area contributed by atoms with Gasteiger partial charge in [0.05, 0.1) is 6.20 Å². The smallest absolute Gasteiger partial charge is 0.190 e. The Labute approximate surface area is 155 Å². The number of nitrogens with one attached hydrogen (secondary N) is 2. The molecule has 0 unspecified atom stereocenters. The summed E-state index contributed by atoms with van der Waals surface area (Å²) in [7, 11) is 3.75. The fraction of sp³-hybridized carbons (Fsp3) is 0.412. The second kappa shape index (κ2) is 11.0. The molecule has 0 aliphatic carbocycles. The van der Waals surface area contributed by atoms with Crippen molar-refractivity contribution in [1.82, 2.24) is 20.4 Å². The Hall–Kier alpha value is -1.57. The van der Waals surface area contributed by atoms with Crippen LogP contribution < -0.4 is 10.6 Å². The highest BCUT2D eigenvalue weighted by molar-refractivity contribution is 14.0. The van der Waals surface area contributed by atoms with Gasteiger partial charge in [0.15, 0.2) is 5.96 Å². The monoisotopic (exact) mass is 427 g/mol. The average molecular weight is 427 g/mol. The van der Waals surface area contributed by atoms with Crippen molar-refractivity contribution in [2.24, 2.45) is 12.0 Å². The second-order valence-electron chi connectivity index (χ2n) is 5.29. The molecule has 5 nitrogen and oxygen atoms in total. The highest BCUT2D eigenvalue weighted by Gasteiger charge is 1.99. The first-order valence-electron chi connectivity index (χ1n) is 7.74. The molecule has 0 saturated carbocycles. The van der Waals surface area contributed by atoms with Crippen molar-refractivity contribution >= 4 is 29.9 Å². The standard InChI is InChI=1S/C17H25N5.HI/c1-18-17(20-12-10-15-7-4-3-5-8-15)19-11-6-9-16-13-21-22(2)14-16;/h3-5,7-8,13-14H,6,9-12H2,1-2H3,(H2,18,19,20);1H. The topological polar surface area (TPSA) is 54.2 Å². The highest BCUT2D eigenvalue weighted by atomic mass is 127. The molecule has 2 N–H and O–H groups in total. The van der Waals surface area contributed by atoms with Gasteiger partial charge in [0.25, 0.3) is 0 Å². The number of hydrogen-bond acceptors (Lipinski definition) is 2.